The predicted octanol–water partition coefficient (Wildman–Crippen LogP) is 4.67. The Morgan fingerprint density at radius 2 is 1.34 bits per heavy atom. The number of aliphatic hydroxyl groups excluding tert-OH is 1. The van der Waals surface area contributed by atoms with Crippen LogP contribution in [0, 0.1) is 0 Å². The Morgan fingerprint density at radius 1 is 0.763 bits per heavy atom. The maximum atomic E-state index is 11.4. The van der Waals surface area contributed by atoms with Crippen molar-refractivity contribution in [2.24, 2.45) is 0 Å². The average Bonchev–Trinajstić information content (AvgIpc) is 2.97. The summed E-state index contributed by atoms with van der Waals surface area (Å²) in [6, 6.07) is 27.3. The molecular weight excluding hydrogens is 484 g/mol. The first kappa shape index (κ1) is 28.0. The molecule has 1 fully saturated rings. The molecule has 7 heteroatoms. The molecule has 0 amide bonds. The van der Waals surface area contributed by atoms with Crippen molar-refractivity contribution >= 4 is 0 Å². The van der Waals surface area contributed by atoms with Crippen molar-refractivity contribution in [2.75, 3.05) is 20.3 Å². The number of benzene rings is 3. The standard InChI is InChI=1S/C31H36O7/c1-3-18-35-31-30(37-21-24-12-8-5-9-13-24)29(36-20-23-10-6-4-7-11-23)28(32)27(38-31)22-34-19-25-14-16-26(33-2)17-15-25/h3-17,27-32H,1,18-22H2,2H3/t27-,28-,29+,30-,31-/m1/s1. The third-order valence-corrected chi connectivity index (χ3v) is 6.28. The van der Waals surface area contributed by atoms with Crippen LogP contribution in [-0.2, 0) is 43.5 Å². The van der Waals surface area contributed by atoms with Crippen LogP contribution < -0.4 is 4.74 Å². The third-order valence-electron chi connectivity index (χ3n) is 6.28. The first-order chi connectivity index (χ1) is 18.7. The quantitative estimate of drug-likeness (QED) is 0.310. The predicted molar refractivity (Wildman–Crippen MR) is 144 cm³/mol. The van der Waals surface area contributed by atoms with Gasteiger partial charge in [-0.3, -0.25) is 0 Å². The molecule has 1 saturated heterocycles. The van der Waals surface area contributed by atoms with E-state index in [0.717, 1.165) is 22.4 Å². The summed E-state index contributed by atoms with van der Waals surface area (Å²) in [4.78, 5) is 0. The Labute approximate surface area is 224 Å². The summed E-state index contributed by atoms with van der Waals surface area (Å²) in [7, 11) is 1.63. The highest BCUT2D eigenvalue weighted by Gasteiger charge is 2.47. The molecule has 3 aromatic carbocycles. The molecule has 1 aliphatic rings. The zero-order valence-electron chi connectivity index (χ0n) is 21.7. The van der Waals surface area contributed by atoms with Gasteiger partial charge in [0.25, 0.3) is 0 Å². The van der Waals surface area contributed by atoms with Crippen molar-refractivity contribution in [1.82, 2.24) is 0 Å². The van der Waals surface area contributed by atoms with Crippen molar-refractivity contribution in [1.29, 1.82) is 0 Å². The van der Waals surface area contributed by atoms with Gasteiger partial charge in [-0.05, 0) is 28.8 Å². The zero-order chi connectivity index (χ0) is 26.6. The summed E-state index contributed by atoms with van der Waals surface area (Å²) >= 11 is 0. The fourth-order valence-electron chi connectivity index (χ4n) is 4.24. The second-order valence-corrected chi connectivity index (χ2v) is 9.04. The molecule has 5 atom stereocenters. The van der Waals surface area contributed by atoms with Gasteiger partial charge in [0.2, 0.25) is 0 Å². The second-order valence-electron chi connectivity index (χ2n) is 9.04. The molecule has 0 unspecified atom stereocenters. The molecule has 3 aromatic rings. The first-order valence-electron chi connectivity index (χ1n) is 12.8. The minimum atomic E-state index is -1.00. The van der Waals surface area contributed by atoms with Gasteiger partial charge in [0.1, 0.15) is 30.2 Å². The Bertz CT molecular complexity index is 1070. The molecule has 202 valence electrons. The highest BCUT2D eigenvalue weighted by molar-refractivity contribution is 5.26. The van der Waals surface area contributed by atoms with Crippen LogP contribution in [-0.4, -0.2) is 56.1 Å². The van der Waals surface area contributed by atoms with Crippen molar-refractivity contribution in [3.8, 4) is 5.75 Å². The van der Waals surface area contributed by atoms with Gasteiger partial charge in [-0.2, -0.15) is 0 Å². The van der Waals surface area contributed by atoms with Gasteiger partial charge in [0.15, 0.2) is 6.29 Å². The van der Waals surface area contributed by atoms with Gasteiger partial charge in [-0.25, -0.2) is 0 Å². The number of rotatable bonds is 14. The highest BCUT2D eigenvalue weighted by atomic mass is 16.7. The minimum absolute atomic E-state index is 0.151. The van der Waals surface area contributed by atoms with Gasteiger partial charge in [-0.15, -0.1) is 6.58 Å². The summed E-state index contributed by atoms with van der Waals surface area (Å²) in [5.41, 5.74) is 2.97. The van der Waals surface area contributed by atoms with Crippen LogP contribution in [0.25, 0.3) is 0 Å². The van der Waals surface area contributed by atoms with Crippen LogP contribution in [0.5, 0.6) is 5.75 Å². The van der Waals surface area contributed by atoms with Crippen molar-refractivity contribution < 1.29 is 33.5 Å². The molecule has 1 aliphatic heterocycles. The molecule has 0 aromatic heterocycles. The van der Waals surface area contributed by atoms with Crippen LogP contribution in [0.15, 0.2) is 97.6 Å². The van der Waals surface area contributed by atoms with Crippen molar-refractivity contribution in [3.05, 3.63) is 114 Å². The Balaban J connectivity index is 1.47. The van der Waals surface area contributed by atoms with Crippen molar-refractivity contribution in [2.45, 2.75) is 50.5 Å². The SMILES string of the molecule is C=CCO[C@@H]1O[C@H](COCc2ccc(OC)cc2)[C@@H](O)[C@H](OCc2ccccc2)[C@H]1OCc1ccccc1. The first-order valence-corrected chi connectivity index (χ1v) is 12.8. The van der Waals surface area contributed by atoms with Crippen LogP contribution in [0.3, 0.4) is 0 Å². The summed E-state index contributed by atoms with van der Waals surface area (Å²) in [6.45, 7) is 5.15. The molecule has 1 N–H and O–H groups in total. The van der Waals surface area contributed by atoms with Crippen LogP contribution >= 0.6 is 0 Å². The summed E-state index contributed by atoms with van der Waals surface area (Å²) < 4.78 is 35.8. The maximum Gasteiger partial charge on any atom is 0.187 e. The van der Waals surface area contributed by atoms with Crippen LogP contribution in [0.2, 0.25) is 0 Å². The Hall–Kier alpha value is -3.04. The van der Waals surface area contributed by atoms with E-state index in [2.05, 4.69) is 6.58 Å². The van der Waals surface area contributed by atoms with E-state index in [0.29, 0.717) is 19.8 Å². The minimum Gasteiger partial charge on any atom is -0.497 e. The van der Waals surface area contributed by atoms with Crippen molar-refractivity contribution in [3.63, 3.8) is 0 Å². The largest absolute Gasteiger partial charge is 0.497 e. The van der Waals surface area contributed by atoms with Gasteiger partial charge in [-0.1, -0.05) is 78.9 Å². The van der Waals surface area contributed by atoms with Gasteiger partial charge in [0.05, 0.1) is 40.1 Å². The number of hydrogen-bond acceptors (Lipinski definition) is 7. The molecule has 1 heterocycles. The Kier molecular flexibility index (Phi) is 10.9. The molecule has 0 bridgehead atoms. The zero-order valence-corrected chi connectivity index (χ0v) is 21.7. The smallest absolute Gasteiger partial charge is 0.187 e. The van der Waals surface area contributed by atoms with Gasteiger partial charge in [0, 0.05) is 0 Å². The van der Waals surface area contributed by atoms with Crippen LogP contribution in [0.1, 0.15) is 16.7 Å². The average molecular weight is 521 g/mol. The molecule has 7 nitrogen and oxygen atoms in total. The summed E-state index contributed by atoms with van der Waals surface area (Å²) in [5.74, 6) is 0.780. The summed E-state index contributed by atoms with van der Waals surface area (Å²) in [5, 5.41) is 11.4. The number of ether oxygens (including phenoxy) is 6. The highest BCUT2D eigenvalue weighted by Crippen LogP contribution is 2.29. The van der Waals surface area contributed by atoms with E-state index < -0.39 is 30.7 Å². The maximum absolute atomic E-state index is 11.4. The van der Waals surface area contributed by atoms with E-state index in [1.165, 1.54) is 0 Å². The molecular formula is C31H36O7. The lowest BCUT2D eigenvalue weighted by Crippen LogP contribution is -2.61. The number of methoxy groups -OCH3 is 1. The third kappa shape index (κ3) is 7.98. The van der Waals surface area contributed by atoms with Gasteiger partial charge >= 0.3 is 0 Å². The number of aliphatic hydroxyl groups is 1. The molecule has 0 saturated carbocycles. The molecule has 38 heavy (non-hydrogen) atoms. The summed E-state index contributed by atoms with van der Waals surface area (Å²) in [6.07, 6.45) is -2.20. The van der Waals surface area contributed by atoms with E-state index in [1.54, 1.807) is 13.2 Å². The Morgan fingerprint density at radius 3 is 1.92 bits per heavy atom. The lowest BCUT2D eigenvalue weighted by molar-refractivity contribution is -0.319. The second kappa shape index (κ2) is 14.8. The molecule has 0 aliphatic carbocycles. The number of hydrogen-bond donors (Lipinski definition) is 1. The molecule has 0 spiro atoms. The van der Waals surface area contributed by atoms with Crippen LogP contribution in [0.4, 0.5) is 0 Å². The molecule has 4 rings (SSSR count). The van der Waals surface area contributed by atoms with Gasteiger partial charge < -0.3 is 33.5 Å². The molecule has 0 radical (unpaired) electrons. The lowest BCUT2D eigenvalue weighted by atomic mass is 9.98. The normalized spacial score (nSPS) is 23.2. The monoisotopic (exact) mass is 520 g/mol. The topological polar surface area (TPSA) is 75.6 Å². The van der Waals surface area contributed by atoms with E-state index in [4.69, 9.17) is 28.4 Å². The fourth-order valence-corrected chi connectivity index (χ4v) is 4.24. The van der Waals surface area contributed by atoms with E-state index >= 15 is 0 Å². The lowest BCUT2D eigenvalue weighted by Gasteiger charge is -2.44. The van der Waals surface area contributed by atoms with E-state index in [9.17, 15) is 5.11 Å². The van der Waals surface area contributed by atoms with E-state index in [1.807, 2.05) is 84.9 Å². The fraction of sp³-hybridized carbons (Fsp3) is 0.355. The van der Waals surface area contributed by atoms with E-state index in [-0.39, 0.29) is 13.2 Å².